The van der Waals surface area contributed by atoms with Gasteiger partial charge in [0.25, 0.3) is 0 Å². The summed E-state index contributed by atoms with van der Waals surface area (Å²) >= 11 is 7.02. The second kappa shape index (κ2) is 5.98. The Hall–Kier alpha value is -1.67. The van der Waals surface area contributed by atoms with E-state index in [2.05, 4.69) is 25.2 Å². The van der Waals surface area contributed by atoms with E-state index >= 15 is 0 Å². The lowest BCUT2D eigenvalue weighted by Crippen LogP contribution is -2.08. The van der Waals surface area contributed by atoms with Crippen molar-refractivity contribution in [1.29, 1.82) is 0 Å². The van der Waals surface area contributed by atoms with Crippen molar-refractivity contribution >= 4 is 34.0 Å². The zero-order chi connectivity index (χ0) is 13.8. The number of methoxy groups -OCH3 is 1. The van der Waals surface area contributed by atoms with Crippen LogP contribution in [0.2, 0.25) is 5.15 Å². The van der Waals surface area contributed by atoms with Crippen LogP contribution in [0.15, 0.2) is 6.33 Å². The van der Waals surface area contributed by atoms with Gasteiger partial charge in [0.05, 0.1) is 7.11 Å². The molecule has 0 aliphatic carbocycles. The van der Waals surface area contributed by atoms with Gasteiger partial charge in [-0.25, -0.2) is 9.78 Å². The molecule has 2 rings (SSSR count). The summed E-state index contributed by atoms with van der Waals surface area (Å²) in [6.45, 7) is 0.622. The molecule has 7 nitrogen and oxygen atoms in total. The second-order valence-corrected chi connectivity index (χ2v) is 5.02. The Bertz CT molecular complexity index is 582. The zero-order valence-corrected chi connectivity index (χ0v) is 12.0. The Balaban J connectivity index is 1.93. The highest BCUT2D eigenvalue weighted by Gasteiger charge is 2.17. The third-order valence-corrected chi connectivity index (χ3v) is 3.77. The number of ether oxygens (including phenoxy) is 1. The molecular weight excluding hydrogens is 290 g/mol. The van der Waals surface area contributed by atoms with Crippen LogP contribution in [0.3, 0.4) is 0 Å². The minimum Gasteiger partial charge on any atom is -0.465 e. The summed E-state index contributed by atoms with van der Waals surface area (Å²) in [6.07, 6.45) is 2.34. The lowest BCUT2D eigenvalue weighted by Gasteiger charge is -2.01. The van der Waals surface area contributed by atoms with Gasteiger partial charge >= 0.3 is 5.97 Å². The second-order valence-electron chi connectivity index (χ2n) is 3.67. The number of nitrogens with one attached hydrogen (secondary N) is 1. The minimum atomic E-state index is -0.483. The van der Waals surface area contributed by atoms with Crippen molar-refractivity contribution in [3.8, 4) is 0 Å². The maximum absolute atomic E-state index is 11.4. The van der Waals surface area contributed by atoms with E-state index in [1.807, 2.05) is 11.6 Å². The van der Waals surface area contributed by atoms with E-state index in [4.69, 9.17) is 11.6 Å². The summed E-state index contributed by atoms with van der Waals surface area (Å²) in [5.74, 6) is 0.382. The molecule has 0 saturated carbocycles. The number of esters is 1. The number of carbonyl (C=O) groups is 1. The zero-order valence-electron chi connectivity index (χ0n) is 10.4. The smallest absolute Gasteiger partial charge is 0.351 e. The van der Waals surface area contributed by atoms with Crippen LogP contribution in [0, 0.1) is 0 Å². The van der Waals surface area contributed by atoms with E-state index in [0.717, 1.165) is 17.2 Å². The SMILES string of the molecule is COC(=O)c1sc(NCCc2nncn2C)nc1Cl. The number of thiazole rings is 1. The van der Waals surface area contributed by atoms with Crippen molar-refractivity contribution in [3.63, 3.8) is 0 Å². The monoisotopic (exact) mass is 301 g/mol. The van der Waals surface area contributed by atoms with Crippen molar-refractivity contribution in [2.45, 2.75) is 6.42 Å². The molecule has 102 valence electrons. The Kier molecular flexibility index (Phi) is 4.33. The van der Waals surface area contributed by atoms with Crippen LogP contribution in [-0.4, -0.2) is 39.4 Å². The molecule has 0 amide bonds. The molecule has 0 bridgehead atoms. The van der Waals surface area contributed by atoms with Crippen LogP contribution in [0.1, 0.15) is 15.5 Å². The van der Waals surface area contributed by atoms with Crippen LogP contribution >= 0.6 is 22.9 Å². The molecule has 0 aliphatic heterocycles. The molecule has 0 aliphatic rings. The number of hydrogen-bond acceptors (Lipinski definition) is 7. The molecule has 0 unspecified atom stereocenters. The first-order chi connectivity index (χ1) is 9.11. The minimum absolute atomic E-state index is 0.151. The first-order valence-corrected chi connectivity index (χ1v) is 6.62. The number of aryl methyl sites for hydroxylation is 1. The van der Waals surface area contributed by atoms with Crippen LogP contribution in [0.5, 0.6) is 0 Å². The third-order valence-electron chi connectivity index (χ3n) is 2.39. The highest BCUT2D eigenvalue weighted by Crippen LogP contribution is 2.27. The maximum Gasteiger partial charge on any atom is 0.351 e. The third kappa shape index (κ3) is 3.21. The van der Waals surface area contributed by atoms with Gasteiger partial charge in [-0.05, 0) is 0 Å². The van der Waals surface area contributed by atoms with Crippen molar-refractivity contribution < 1.29 is 9.53 Å². The molecule has 0 spiro atoms. The van der Waals surface area contributed by atoms with E-state index in [0.29, 0.717) is 23.0 Å². The highest BCUT2D eigenvalue weighted by molar-refractivity contribution is 7.18. The molecule has 2 heterocycles. The Labute approximate surface area is 118 Å². The van der Waals surface area contributed by atoms with Crippen LogP contribution in [0.4, 0.5) is 5.13 Å². The number of carbonyl (C=O) groups excluding carboxylic acids is 1. The largest absolute Gasteiger partial charge is 0.465 e. The molecule has 19 heavy (non-hydrogen) atoms. The first-order valence-electron chi connectivity index (χ1n) is 5.43. The Morgan fingerprint density at radius 1 is 1.63 bits per heavy atom. The van der Waals surface area contributed by atoms with Gasteiger partial charge < -0.3 is 14.6 Å². The summed E-state index contributed by atoms with van der Waals surface area (Å²) in [5.41, 5.74) is 0. The molecule has 2 aromatic heterocycles. The number of halogens is 1. The average Bonchev–Trinajstić information content (AvgIpc) is 2.96. The van der Waals surface area contributed by atoms with Crippen LogP contribution in [0.25, 0.3) is 0 Å². The fourth-order valence-corrected chi connectivity index (χ4v) is 2.54. The summed E-state index contributed by atoms with van der Waals surface area (Å²) in [5, 5.41) is 11.6. The van der Waals surface area contributed by atoms with Gasteiger partial charge in [0.1, 0.15) is 12.2 Å². The Morgan fingerprint density at radius 2 is 2.42 bits per heavy atom. The van der Waals surface area contributed by atoms with Gasteiger partial charge in [-0.1, -0.05) is 22.9 Å². The molecule has 0 aromatic carbocycles. The molecule has 0 atom stereocenters. The lowest BCUT2D eigenvalue weighted by molar-refractivity contribution is 0.0606. The number of nitrogens with zero attached hydrogens (tertiary/aromatic N) is 4. The van der Waals surface area contributed by atoms with Crippen LogP contribution in [-0.2, 0) is 18.2 Å². The number of aromatic nitrogens is 4. The molecule has 1 N–H and O–H groups in total. The van der Waals surface area contributed by atoms with Gasteiger partial charge in [0.2, 0.25) is 0 Å². The summed E-state index contributed by atoms with van der Waals surface area (Å²) in [4.78, 5) is 15.7. The van der Waals surface area contributed by atoms with Gasteiger partial charge in [0.15, 0.2) is 15.2 Å². The lowest BCUT2D eigenvalue weighted by atomic mass is 10.4. The molecule has 9 heteroatoms. The first kappa shape index (κ1) is 13.8. The summed E-state index contributed by atoms with van der Waals surface area (Å²) in [6, 6.07) is 0. The predicted molar refractivity (Wildman–Crippen MR) is 71.7 cm³/mol. The fourth-order valence-electron chi connectivity index (χ4n) is 1.41. The highest BCUT2D eigenvalue weighted by atomic mass is 35.5. The summed E-state index contributed by atoms with van der Waals surface area (Å²) in [7, 11) is 3.19. The standard InChI is InChI=1S/C10H12ClN5O2S/c1-16-5-13-15-6(16)3-4-12-10-14-8(11)7(19-10)9(17)18-2/h5H,3-4H2,1-2H3,(H,12,14). The van der Waals surface area contributed by atoms with Crippen LogP contribution < -0.4 is 5.32 Å². The quantitative estimate of drug-likeness (QED) is 0.840. The van der Waals surface area contributed by atoms with Gasteiger partial charge in [-0.2, -0.15) is 0 Å². The molecule has 0 fully saturated rings. The predicted octanol–water partition coefficient (Wildman–Crippen LogP) is 1.37. The van der Waals surface area contributed by atoms with E-state index < -0.39 is 5.97 Å². The van der Waals surface area contributed by atoms with Crippen molar-refractivity contribution in [2.24, 2.45) is 7.05 Å². The normalized spacial score (nSPS) is 10.5. The van der Waals surface area contributed by atoms with E-state index in [1.165, 1.54) is 7.11 Å². The molecule has 0 radical (unpaired) electrons. The van der Waals surface area contributed by atoms with Gasteiger partial charge in [-0.3, -0.25) is 0 Å². The summed E-state index contributed by atoms with van der Waals surface area (Å²) < 4.78 is 6.45. The number of rotatable bonds is 5. The average molecular weight is 302 g/mol. The number of anilines is 1. The topological polar surface area (TPSA) is 81.9 Å². The van der Waals surface area contributed by atoms with E-state index in [1.54, 1.807) is 6.33 Å². The van der Waals surface area contributed by atoms with E-state index in [-0.39, 0.29) is 5.15 Å². The molecule has 2 aromatic rings. The van der Waals surface area contributed by atoms with E-state index in [9.17, 15) is 4.79 Å². The molecule has 0 saturated heterocycles. The van der Waals surface area contributed by atoms with Crippen molar-refractivity contribution in [3.05, 3.63) is 22.2 Å². The number of hydrogen-bond donors (Lipinski definition) is 1. The fraction of sp³-hybridized carbons (Fsp3) is 0.400. The van der Waals surface area contributed by atoms with Crippen molar-refractivity contribution in [2.75, 3.05) is 19.0 Å². The van der Waals surface area contributed by atoms with Crippen molar-refractivity contribution in [1.82, 2.24) is 19.7 Å². The van der Waals surface area contributed by atoms with Gasteiger partial charge in [-0.15, -0.1) is 10.2 Å². The maximum atomic E-state index is 11.4. The molecular formula is C10H12ClN5O2S. The van der Waals surface area contributed by atoms with Gasteiger partial charge in [0, 0.05) is 20.0 Å². The Morgan fingerprint density at radius 3 is 3.05 bits per heavy atom.